The molecule has 130 valence electrons. The Morgan fingerprint density at radius 3 is 2.96 bits per heavy atom. The number of thiophene rings is 1. The summed E-state index contributed by atoms with van der Waals surface area (Å²) in [4.78, 5) is 19.9. The Balaban J connectivity index is 1.57. The summed E-state index contributed by atoms with van der Waals surface area (Å²) < 4.78 is 7.03. The molecule has 0 unspecified atom stereocenters. The molecule has 25 heavy (non-hydrogen) atoms. The van der Waals surface area contributed by atoms with E-state index in [4.69, 9.17) is 4.74 Å². The highest BCUT2D eigenvalue weighted by Gasteiger charge is 2.27. The number of fused-ring (bicyclic) bond motifs is 1. The standard InChI is InChI=1S/C18H20N4O2S/c1-2-24-18(23)13-5-8-21(9-6-13)17-15-12-14(16-4-3-11-25-16)20-22(15)10-7-19-17/h3-4,7,10-13H,2,5-6,8-9H2,1H3. The number of aromatic nitrogens is 3. The number of ether oxygens (including phenoxy) is 1. The fraction of sp³-hybridized carbons (Fsp3) is 0.389. The summed E-state index contributed by atoms with van der Waals surface area (Å²) in [5, 5.41) is 6.72. The minimum absolute atomic E-state index is 0.00234. The molecule has 1 aliphatic heterocycles. The smallest absolute Gasteiger partial charge is 0.309 e. The van der Waals surface area contributed by atoms with Gasteiger partial charge in [0.15, 0.2) is 5.82 Å². The van der Waals surface area contributed by atoms with Gasteiger partial charge in [-0.15, -0.1) is 11.3 Å². The van der Waals surface area contributed by atoms with Crippen LogP contribution in [0.3, 0.4) is 0 Å². The molecule has 3 aromatic heterocycles. The lowest BCUT2D eigenvalue weighted by atomic mass is 9.97. The number of rotatable bonds is 4. The summed E-state index contributed by atoms with van der Waals surface area (Å²) in [6.45, 7) is 3.90. The first-order valence-corrected chi connectivity index (χ1v) is 9.44. The zero-order valence-corrected chi connectivity index (χ0v) is 14.9. The molecule has 0 radical (unpaired) electrons. The molecule has 1 aliphatic rings. The van der Waals surface area contributed by atoms with E-state index in [0.29, 0.717) is 6.61 Å². The van der Waals surface area contributed by atoms with Crippen LogP contribution in [-0.2, 0) is 9.53 Å². The lowest BCUT2D eigenvalue weighted by Crippen LogP contribution is -2.37. The third kappa shape index (κ3) is 3.11. The van der Waals surface area contributed by atoms with Crippen LogP contribution in [0.15, 0.2) is 36.0 Å². The number of carbonyl (C=O) groups is 1. The van der Waals surface area contributed by atoms with E-state index in [1.807, 2.05) is 23.7 Å². The largest absolute Gasteiger partial charge is 0.466 e. The highest BCUT2D eigenvalue weighted by molar-refractivity contribution is 7.13. The van der Waals surface area contributed by atoms with Crippen molar-refractivity contribution in [1.82, 2.24) is 14.6 Å². The molecule has 0 saturated carbocycles. The lowest BCUT2D eigenvalue weighted by molar-refractivity contribution is -0.148. The SMILES string of the molecule is CCOC(=O)C1CCN(c2nccn3nc(-c4cccs4)cc23)CC1. The molecule has 3 aromatic rings. The van der Waals surface area contributed by atoms with E-state index in [1.165, 1.54) is 0 Å². The Morgan fingerprint density at radius 1 is 1.40 bits per heavy atom. The molecule has 0 atom stereocenters. The molecule has 4 rings (SSSR count). The zero-order chi connectivity index (χ0) is 17.2. The van der Waals surface area contributed by atoms with Crippen molar-refractivity contribution < 1.29 is 9.53 Å². The first-order chi connectivity index (χ1) is 12.3. The van der Waals surface area contributed by atoms with Gasteiger partial charge in [-0.2, -0.15) is 5.10 Å². The van der Waals surface area contributed by atoms with Crippen LogP contribution in [-0.4, -0.2) is 40.3 Å². The van der Waals surface area contributed by atoms with Crippen molar-refractivity contribution in [2.24, 2.45) is 5.92 Å². The maximum atomic E-state index is 11.9. The van der Waals surface area contributed by atoms with E-state index in [0.717, 1.165) is 47.8 Å². The topological polar surface area (TPSA) is 59.7 Å². The van der Waals surface area contributed by atoms with Crippen molar-refractivity contribution in [2.45, 2.75) is 19.8 Å². The van der Waals surface area contributed by atoms with Crippen LogP contribution in [0.5, 0.6) is 0 Å². The van der Waals surface area contributed by atoms with Crippen molar-refractivity contribution in [3.63, 3.8) is 0 Å². The Kier molecular flexibility index (Phi) is 4.40. The fourth-order valence-corrected chi connectivity index (χ4v) is 3.97. The normalized spacial score (nSPS) is 15.6. The molecule has 6 nitrogen and oxygen atoms in total. The molecule has 1 fully saturated rings. The summed E-state index contributed by atoms with van der Waals surface area (Å²) in [7, 11) is 0. The Bertz CT molecular complexity index is 866. The molecule has 0 amide bonds. The quantitative estimate of drug-likeness (QED) is 0.672. The van der Waals surface area contributed by atoms with Crippen LogP contribution in [0, 0.1) is 5.92 Å². The van der Waals surface area contributed by atoms with Crippen LogP contribution >= 0.6 is 11.3 Å². The number of nitrogens with zero attached hydrogens (tertiary/aromatic N) is 4. The molecule has 1 saturated heterocycles. The van der Waals surface area contributed by atoms with Gasteiger partial charge < -0.3 is 9.64 Å². The van der Waals surface area contributed by atoms with Gasteiger partial charge in [0.25, 0.3) is 0 Å². The first kappa shape index (κ1) is 16.1. The average molecular weight is 356 g/mol. The van der Waals surface area contributed by atoms with E-state index in [2.05, 4.69) is 32.5 Å². The Morgan fingerprint density at radius 2 is 2.24 bits per heavy atom. The maximum Gasteiger partial charge on any atom is 0.309 e. The van der Waals surface area contributed by atoms with Crippen molar-refractivity contribution >= 4 is 28.6 Å². The van der Waals surface area contributed by atoms with E-state index >= 15 is 0 Å². The van der Waals surface area contributed by atoms with Gasteiger partial charge in [0.1, 0.15) is 11.2 Å². The third-order valence-electron chi connectivity index (χ3n) is 4.56. The Labute approximate surface area is 150 Å². The number of carbonyl (C=O) groups excluding carboxylic acids is 1. The second-order valence-electron chi connectivity index (χ2n) is 6.10. The van der Waals surface area contributed by atoms with E-state index in [-0.39, 0.29) is 11.9 Å². The average Bonchev–Trinajstić information content (AvgIpc) is 3.31. The summed E-state index contributed by atoms with van der Waals surface area (Å²) >= 11 is 1.68. The van der Waals surface area contributed by atoms with Gasteiger partial charge in [0.05, 0.1) is 17.4 Å². The number of hydrogen-bond donors (Lipinski definition) is 0. The molecule has 0 N–H and O–H groups in total. The minimum Gasteiger partial charge on any atom is -0.466 e. The van der Waals surface area contributed by atoms with Crippen LogP contribution in [0.4, 0.5) is 5.82 Å². The van der Waals surface area contributed by atoms with Gasteiger partial charge in [-0.25, -0.2) is 9.50 Å². The fourth-order valence-electron chi connectivity index (χ4n) is 3.28. The van der Waals surface area contributed by atoms with Gasteiger partial charge in [-0.05, 0) is 37.3 Å². The van der Waals surface area contributed by atoms with Crippen molar-refractivity contribution in [2.75, 3.05) is 24.6 Å². The maximum absolute atomic E-state index is 11.9. The summed E-state index contributed by atoms with van der Waals surface area (Å²) in [6.07, 6.45) is 5.26. The van der Waals surface area contributed by atoms with Crippen LogP contribution in [0.1, 0.15) is 19.8 Å². The molecule has 0 bridgehead atoms. The van der Waals surface area contributed by atoms with Gasteiger partial charge in [0.2, 0.25) is 0 Å². The molecule has 4 heterocycles. The van der Waals surface area contributed by atoms with Crippen LogP contribution in [0.2, 0.25) is 0 Å². The molecular weight excluding hydrogens is 336 g/mol. The zero-order valence-electron chi connectivity index (χ0n) is 14.1. The molecular formula is C18H20N4O2S. The number of esters is 1. The molecule has 0 aromatic carbocycles. The second-order valence-corrected chi connectivity index (χ2v) is 7.05. The second kappa shape index (κ2) is 6.84. The number of piperidine rings is 1. The predicted octanol–water partition coefficient (Wildman–Crippen LogP) is 3.24. The first-order valence-electron chi connectivity index (χ1n) is 8.56. The summed E-state index contributed by atoms with van der Waals surface area (Å²) in [5.74, 6) is 0.861. The number of hydrogen-bond acceptors (Lipinski definition) is 6. The van der Waals surface area contributed by atoms with Crippen molar-refractivity contribution in [1.29, 1.82) is 0 Å². The van der Waals surface area contributed by atoms with E-state index in [9.17, 15) is 4.79 Å². The van der Waals surface area contributed by atoms with Crippen molar-refractivity contribution in [3.8, 4) is 10.6 Å². The third-order valence-corrected chi connectivity index (χ3v) is 5.45. The lowest BCUT2D eigenvalue weighted by Gasteiger charge is -2.31. The van der Waals surface area contributed by atoms with Gasteiger partial charge in [-0.1, -0.05) is 6.07 Å². The summed E-state index contributed by atoms with van der Waals surface area (Å²) in [6, 6.07) is 6.19. The minimum atomic E-state index is -0.0716. The van der Waals surface area contributed by atoms with Crippen molar-refractivity contribution in [3.05, 3.63) is 36.0 Å². The molecule has 0 aliphatic carbocycles. The molecule has 7 heteroatoms. The van der Waals surface area contributed by atoms with E-state index < -0.39 is 0 Å². The van der Waals surface area contributed by atoms with Gasteiger partial charge in [-0.3, -0.25) is 4.79 Å². The summed E-state index contributed by atoms with van der Waals surface area (Å²) in [5.41, 5.74) is 1.96. The monoisotopic (exact) mass is 356 g/mol. The molecule has 0 spiro atoms. The predicted molar refractivity (Wildman–Crippen MR) is 97.9 cm³/mol. The number of anilines is 1. The van der Waals surface area contributed by atoms with Gasteiger partial charge >= 0.3 is 5.97 Å². The highest BCUT2D eigenvalue weighted by Crippen LogP contribution is 2.30. The van der Waals surface area contributed by atoms with Crippen LogP contribution < -0.4 is 4.90 Å². The Hall–Kier alpha value is -2.41. The van der Waals surface area contributed by atoms with Gasteiger partial charge in [0, 0.05) is 25.5 Å². The van der Waals surface area contributed by atoms with E-state index in [1.54, 1.807) is 17.5 Å². The van der Waals surface area contributed by atoms with Crippen LogP contribution in [0.25, 0.3) is 16.1 Å². The highest BCUT2D eigenvalue weighted by atomic mass is 32.1.